The monoisotopic (exact) mass is 262 g/mol. The van der Waals surface area contributed by atoms with Crippen molar-refractivity contribution in [3.8, 4) is 0 Å². The predicted octanol–water partition coefficient (Wildman–Crippen LogP) is 1.53. The number of nitrogens with one attached hydrogen (secondary N) is 1. The Kier molecular flexibility index (Phi) is 4.93. The third-order valence-corrected chi connectivity index (χ3v) is 3.92. The molecule has 0 bridgehead atoms. The molecule has 1 fully saturated rings. The molecule has 1 saturated carbocycles. The molecule has 2 unspecified atom stereocenters. The fraction of sp³-hybridized carbons (Fsp3) is 0.533. The second-order valence-corrected chi connectivity index (χ2v) is 5.19. The third kappa shape index (κ3) is 3.55. The Labute approximate surface area is 114 Å². The fourth-order valence-electron chi connectivity index (χ4n) is 2.78. The van der Waals surface area contributed by atoms with Gasteiger partial charge in [-0.1, -0.05) is 18.6 Å². The van der Waals surface area contributed by atoms with Gasteiger partial charge in [0.25, 0.3) is 0 Å². The first-order chi connectivity index (χ1) is 9.24. The van der Waals surface area contributed by atoms with E-state index in [1.165, 1.54) is 0 Å². The van der Waals surface area contributed by atoms with Gasteiger partial charge >= 0.3 is 0 Å². The Hall–Kier alpha value is -1.39. The van der Waals surface area contributed by atoms with Crippen molar-refractivity contribution in [3.63, 3.8) is 0 Å². The van der Waals surface area contributed by atoms with Crippen molar-refractivity contribution in [2.45, 2.75) is 25.7 Å². The van der Waals surface area contributed by atoms with E-state index in [4.69, 9.17) is 10.8 Å². The van der Waals surface area contributed by atoms with Crippen molar-refractivity contribution in [2.75, 3.05) is 18.5 Å². The molecule has 0 heterocycles. The van der Waals surface area contributed by atoms with E-state index in [-0.39, 0.29) is 18.4 Å². The van der Waals surface area contributed by atoms with Crippen LogP contribution in [-0.2, 0) is 11.2 Å². The van der Waals surface area contributed by atoms with Crippen LogP contribution >= 0.6 is 0 Å². The zero-order valence-electron chi connectivity index (χ0n) is 11.1. The number of carbonyl (C=O) groups excluding carboxylic acids is 1. The van der Waals surface area contributed by atoms with Crippen molar-refractivity contribution in [2.24, 2.45) is 17.6 Å². The summed E-state index contributed by atoms with van der Waals surface area (Å²) in [6.45, 7) is 0.736. The number of rotatable bonds is 5. The van der Waals surface area contributed by atoms with Gasteiger partial charge in [0.15, 0.2) is 0 Å². The molecule has 0 spiro atoms. The molecule has 4 nitrogen and oxygen atoms in total. The van der Waals surface area contributed by atoms with Crippen LogP contribution in [0.25, 0.3) is 0 Å². The normalized spacial score (nSPS) is 22.4. The van der Waals surface area contributed by atoms with Gasteiger partial charge in [-0.2, -0.15) is 0 Å². The Balaban J connectivity index is 1.94. The van der Waals surface area contributed by atoms with Crippen LogP contribution in [0.5, 0.6) is 0 Å². The third-order valence-electron chi connectivity index (χ3n) is 3.92. The topological polar surface area (TPSA) is 75.4 Å². The van der Waals surface area contributed by atoms with E-state index in [2.05, 4.69) is 5.32 Å². The van der Waals surface area contributed by atoms with Crippen LogP contribution in [-0.4, -0.2) is 24.2 Å². The molecule has 0 aliphatic heterocycles. The number of aliphatic hydroxyl groups excluding tert-OH is 1. The van der Waals surface area contributed by atoms with Crippen LogP contribution < -0.4 is 11.1 Å². The summed E-state index contributed by atoms with van der Waals surface area (Å²) < 4.78 is 0. The van der Waals surface area contributed by atoms with Gasteiger partial charge in [-0.05, 0) is 49.4 Å². The average Bonchev–Trinajstić information content (AvgIpc) is 2.90. The Morgan fingerprint density at radius 3 is 2.68 bits per heavy atom. The van der Waals surface area contributed by atoms with Crippen molar-refractivity contribution in [1.82, 2.24) is 0 Å². The molecule has 4 heteroatoms. The van der Waals surface area contributed by atoms with Gasteiger partial charge in [-0.3, -0.25) is 4.79 Å². The maximum atomic E-state index is 12.2. The van der Waals surface area contributed by atoms with Gasteiger partial charge in [0.05, 0.1) is 0 Å². The number of aliphatic hydroxyl groups is 1. The minimum absolute atomic E-state index is 0.0575. The lowest BCUT2D eigenvalue weighted by Gasteiger charge is -2.17. The highest BCUT2D eigenvalue weighted by Gasteiger charge is 2.31. The summed E-state index contributed by atoms with van der Waals surface area (Å²) >= 11 is 0. The molecule has 0 radical (unpaired) electrons. The Morgan fingerprint density at radius 2 is 2.05 bits per heavy atom. The number of anilines is 1. The SMILES string of the molecule is NCC1CCCC1C(=O)Nc1ccc(CCO)cc1. The predicted molar refractivity (Wildman–Crippen MR) is 75.7 cm³/mol. The van der Waals surface area contributed by atoms with Gasteiger partial charge in [-0.15, -0.1) is 0 Å². The van der Waals surface area contributed by atoms with Gasteiger partial charge in [-0.25, -0.2) is 0 Å². The highest BCUT2D eigenvalue weighted by Crippen LogP contribution is 2.31. The van der Waals surface area contributed by atoms with Crippen LogP contribution in [0.2, 0.25) is 0 Å². The quantitative estimate of drug-likeness (QED) is 0.753. The smallest absolute Gasteiger partial charge is 0.227 e. The second kappa shape index (κ2) is 6.68. The summed E-state index contributed by atoms with van der Waals surface area (Å²) in [6.07, 6.45) is 3.74. The minimum atomic E-state index is 0.0575. The molecule has 0 saturated heterocycles. The van der Waals surface area contributed by atoms with E-state index in [0.29, 0.717) is 18.9 Å². The molecule has 1 aromatic rings. The van der Waals surface area contributed by atoms with Crippen molar-refractivity contribution < 1.29 is 9.90 Å². The first-order valence-corrected chi connectivity index (χ1v) is 6.95. The molecule has 1 aliphatic rings. The molecular weight excluding hydrogens is 240 g/mol. The molecule has 2 atom stereocenters. The van der Waals surface area contributed by atoms with Crippen LogP contribution in [0.4, 0.5) is 5.69 Å². The number of benzene rings is 1. The van der Waals surface area contributed by atoms with Gasteiger partial charge in [0.2, 0.25) is 5.91 Å². The lowest BCUT2D eigenvalue weighted by atomic mass is 9.95. The second-order valence-electron chi connectivity index (χ2n) is 5.19. The molecule has 19 heavy (non-hydrogen) atoms. The molecule has 1 amide bonds. The van der Waals surface area contributed by atoms with Crippen LogP contribution in [0.1, 0.15) is 24.8 Å². The first-order valence-electron chi connectivity index (χ1n) is 6.95. The van der Waals surface area contributed by atoms with Crippen LogP contribution in [0.15, 0.2) is 24.3 Å². The summed E-state index contributed by atoms with van der Waals surface area (Å²) in [6, 6.07) is 7.63. The van der Waals surface area contributed by atoms with E-state index in [9.17, 15) is 4.79 Å². The zero-order chi connectivity index (χ0) is 13.7. The Morgan fingerprint density at radius 1 is 1.32 bits per heavy atom. The van der Waals surface area contributed by atoms with Crippen molar-refractivity contribution in [1.29, 1.82) is 0 Å². The fourth-order valence-corrected chi connectivity index (χ4v) is 2.78. The lowest BCUT2D eigenvalue weighted by molar-refractivity contribution is -0.120. The molecular formula is C15H22N2O2. The molecule has 2 rings (SSSR count). The number of nitrogens with two attached hydrogens (primary N) is 1. The molecule has 1 aromatic carbocycles. The minimum Gasteiger partial charge on any atom is -0.396 e. The number of carbonyl (C=O) groups is 1. The standard InChI is InChI=1S/C15H22N2O2/c16-10-12-2-1-3-14(12)15(19)17-13-6-4-11(5-7-13)8-9-18/h4-7,12,14,18H,1-3,8-10,16H2,(H,17,19). The van der Waals surface area contributed by atoms with E-state index < -0.39 is 0 Å². The van der Waals surface area contributed by atoms with Crippen molar-refractivity contribution >= 4 is 11.6 Å². The zero-order valence-corrected chi connectivity index (χ0v) is 11.1. The van der Waals surface area contributed by atoms with Crippen molar-refractivity contribution in [3.05, 3.63) is 29.8 Å². The van der Waals surface area contributed by atoms with Crippen LogP contribution in [0, 0.1) is 11.8 Å². The maximum Gasteiger partial charge on any atom is 0.227 e. The average molecular weight is 262 g/mol. The largest absolute Gasteiger partial charge is 0.396 e. The summed E-state index contributed by atoms with van der Waals surface area (Å²) in [5, 5.41) is 11.8. The highest BCUT2D eigenvalue weighted by molar-refractivity contribution is 5.92. The lowest BCUT2D eigenvalue weighted by Crippen LogP contribution is -2.29. The van der Waals surface area contributed by atoms with E-state index in [1.54, 1.807) is 0 Å². The van der Waals surface area contributed by atoms with E-state index in [1.807, 2.05) is 24.3 Å². The molecule has 104 valence electrons. The van der Waals surface area contributed by atoms with Gasteiger partial charge in [0, 0.05) is 18.2 Å². The van der Waals surface area contributed by atoms with E-state index in [0.717, 1.165) is 30.5 Å². The summed E-state index contributed by atoms with van der Waals surface area (Å²) in [7, 11) is 0. The summed E-state index contributed by atoms with van der Waals surface area (Å²) in [4.78, 5) is 12.2. The summed E-state index contributed by atoms with van der Waals surface area (Å²) in [5.41, 5.74) is 7.59. The summed E-state index contributed by atoms with van der Waals surface area (Å²) in [5.74, 6) is 0.471. The molecule has 0 aromatic heterocycles. The number of hydrogen-bond acceptors (Lipinski definition) is 3. The van der Waals surface area contributed by atoms with Gasteiger partial charge in [0.1, 0.15) is 0 Å². The van der Waals surface area contributed by atoms with Crippen LogP contribution in [0.3, 0.4) is 0 Å². The Bertz CT molecular complexity index is 417. The number of amides is 1. The number of hydrogen-bond donors (Lipinski definition) is 3. The highest BCUT2D eigenvalue weighted by atomic mass is 16.2. The first kappa shape index (κ1) is 14.0. The van der Waals surface area contributed by atoms with E-state index >= 15 is 0 Å². The molecule has 4 N–H and O–H groups in total. The molecule has 1 aliphatic carbocycles. The maximum absolute atomic E-state index is 12.2. The van der Waals surface area contributed by atoms with Gasteiger partial charge < -0.3 is 16.2 Å².